The fourth-order valence-electron chi connectivity index (χ4n) is 4.45. The number of nitrogens with zero attached hydrogens (tertiary/aromatic N) is 4. The highest BCUT2D eigenvalue weighted by Crippen LogP contribution is 2.22. The third-order valence-electron chi connectivity index (χ3n) is 6.79. The van der Waals surface area contributed by atoms with Gasteiger partial charge in [0, 0.05) is 55.5 Å². The first-order chi connectivity index (χ1) is 18.4. The van der Waals surface area contributed by atoms with Gasteiger partial charge >= 0.3 is 0 Å². The van der Waals surface area contributed by atoms with Crippen LogP contribution < -0.4 is 15.0 Å². The molecule has 0 saturated carbocycles. The highest BCUT2D eigenvalue weighted by Gasteiger charge is 2.16. The maximum Gasteiger partial charge on any atom is 0.227 e. The molecule has 0 bridgehead atoms. The van der Waals surface area contributed by atoms with E-state index in [1.165, 1.54) is 5.69 Å². The Bertz CT molecular complexity index is 1170. The van der Waals surface area contributed by atoms with Crippen molar-refractivity contribution in [1.82, 2.24) is 14.9 Å². The van der Waals surface area contributed by atoms with Gasteiger partial charge in [-0.2, -0.15) is 0 Å². The summed E-state index contributed by atoms with van der Waals surface area (Å²) in [6, 6.07) is 14.1. The fourth-order valence-corrected chi connectivity index (χ4v) is 4.45. The molecule has 0 atom stereocenters. The number of anilines is 3. The zero-order chi connectivity index (χ0) is 26.9. The van der Waals surface area contributed by atoms with Gasteiger partial charge in [0.2, 0.25) is 5.95 Å². The predicted molar refractivity (Wildman–Crippen MR) is 152 cm³/mol. The molecule has 3 aromatic rings. The zero-order valence-electron chi connectivity index (χ0n) is 22.9. The van der Waals surface area contributed by atoms with Crippen LogP contribution in [-0.4, -0.2) is 73.2 Å². The van der Waals surface area contributed by atoms with E-state index in [-0.39, 0.29) is 18.5 Å². The van der Waals surface area contributed by atoms with E-state index >= 15 is 0 Å². The van der Waals surface area contributed by atoms with Gasteiger partial charge in [0.25, 0.3) is 0 Å². The summed E-state index contributed by atoms with van der Waals surface area (Å²) in [5, 5.41) is 3.29. The average Bonchev–Trinajstić information content (AvgIpc) is 2.95. The second kappa shape index (κ2) is 13.3. The Labute approximate surface area is 226 Å². The van der Waals surface area contributed by atoms with Crippen molar-refractivity contribution in [2.24, 2.45) is 0 Å². The summed E-state index contributed by atoms with van der Waals surface area (Å²) in [4.78, 5) is 26.5. The highest BCUT2D eigenvalue weighted by molar-refractivity contribution is 5.97. The number of carbonyl (C=O) groups excluding carboxylic acids is 1. The first kappa shape index (κ1) is 27.5. The van der Waals surface area contributed by atoms with Crippen LogP contribution in [0.1, 0.15) is 42.3 Å². The van der Waals surface area contributed by atoms with Gasteiger partial charge < -0.3 is 24.6 Å². The van der Waals surface area contributed by atoms with Crippen LogP contribution in [0.3, 0.4) is 0 Å². The topological polar surface area (TPSA) is 79.8 Å². The van der Waals surface area contributed by atoms with E-state index in [9.17, 15) is 4.79 Å². The SMILES string of the molecule is CCN1CCN(c2ccc(Nc3ncc(CCc4cc(OC)cc(C(=O)COC(C)C)c4)cn3)cc2)CC1. The van der Waals surface area contributed by atoms with Crippen LogP contribution in [0.15, 0.2) is 54.9 Å². The first-order valence-electron chi connectivity index (χ1n) is 13.4. The van der Waals surface area contributed by atoms with Crippen LogP contribution in [0.5, 0.6) is 5.75 Å². The Hall–Kier alpha value is -3.49. The van der Waals surface area contributed by atoms with E-state index in [0.29, 0.717) is 17.3 Å². The van der Waals surface area contributed by atoms with E-state index in [1.54, 1.807) is 13.2 Å². The number of carbonyl (C=O) groups is 1. The van der Waals surface area contributed by atoms with Crippen molar-refractivity contribution in [3.8, 4) is 5.75 Å². The molecule has 1 fully saturated rings. The molecule has 1 aliphatic rings. The molecule has 0 radical (unpaired) electrons. The summed E-state index contributed by atoms with van der Waals surface area (Å²) in [5.74, 6) is 1.18. The molecule has 2 aromatic carbocycles. The minimum Gasteiger partial charge on any atom is -0.497 e. The number of methoxy groups -OCH3 is 1. The molecule has 1 aromatic heterocycles. The van der Waals surface area contributed by atoms with Crippen LogP contribution in [-0.2, 0) is 17.6 Å². The lowest BCUT2D eigenvalue weighted by Gasteiger charge is -2.35. The van der Waals surface area contributed by atoms with Crippen molar-refractivity contribution in [3.63, 3.8) is 0 Å². The number of hydrogen-bond acceptors (Lipinski definition) is 8. The Morgan fingerprint density at radius 1 is 0.974 bits per heavy atom. The lowest BCUT2D eigenvalue weighted by atomic mass is 10.0. The molecule has 1 saturated heterocycles. The molecule has 0 amide bonds. The molecule has 38 heavy (non-hydrogen) atoms. The van der Waals surface area contributed by atoms with Gasteiger partial charge in [-0.3, -0.25) is 4.79 Å². The summed E-state index contributed by atoms with van der Waals surface area (Å²) < 4.78 is 10.9. The van der Waals surface area contributed by atoms with E-state index < -0.39 is 0 Å². The van der Waals surface area contributed by atoms with E-state index in [1.807, 2.05) is 38.4 Å². The van der Waals surface area contributed by atoms with Gasteiger partial charge in [0.15, 0.2) is 5.78 Å². The smallest absolute Gasteiger partial charge is 0.227 e. The molecule has 202 valence electrons. The van der Waals surface area contributed by atoms with E-state index in [0.717, 1.165) is 62.4 Å². The Morgan fingerprint density at radius 3 is 2.29 bits per heavy atom. The van der Waals surface area contributed by atoms with Crippen molar-refractivity contribution < 1.29 is 14.3 Å². The number of likely N-dealkylation sites (N-methyl/N-ethyl adjacent to an activating group) is 1. The normalized spacial score (nSPS) is 14.1. The maximum absolute atomic E-state index is 12.5. The number of ketones is 1. The molecule has 8 nitrogen and oxygen atoms in total. The average molecular weight is 518 g/mol. The van der Waals surface area contributed by atoms with Crippen molar-refractivity contribution in [3.05, 3.63) is 71.5 Å². The number of ether oxygens (including phenoxy) is 2. The van der Waals surface area contributed by atoms with Crippen LogP contribution in [0.25, 0.3) is 0 Å². The number of Topliss-reactive ketones (excluding diaryl/α,β-unsaturated/α-hetero) is 1. The van der Waals surface area contributed by atoms with Gasteiger partial charge in [-0.05, 0) is 86.8 Å². The molecular formula is C30H39N5O3. The minimum atomic E-state index is -0.0512. The minimum absolute atomic E-state index is 0.00713. The van der Waals surface area contributed by atoms with E-state index in [2.05, 4.69) is 56.3 Å². The van der Waals surface area contributed by atoms with Crippen LogP contribution >= 0.6 is 0 Å². The number of aryl methyl sites for hydroxylation is 2. The van der Waals surface area contributed by atoms with Crippen LogP contribution in [0, 0.1) is 0 Å². The number of piperazine rings is 1. The Kier molecular flexibility index (Phi) is 9.67. The summed E-state index contributed by atoms with van der Waals surface area (Å²) in [6.45, 7) is 11.6. The molecule has 2 heterocycles. The van der Waals surface area contributed by atoms with Gasteiger partial charge in [-0.15, -0.1) is 0 Å². The van der Waals surface area contributed by atoms with Crippen LogP contribution in [0.2, 0.25) is 0 Å². The molecule has 1 N–H and O–H groups in total. The molecular weight excluding hydrogens is 478 g/mol. The van der Waals surface area contributed by atoms with Crippen molar-refractivity contribution >= 4 is 23.1 Å². The fraction of sp³-hybridized carbons (Fsp3) is 0.433. The van der Waals surface area contributed by atoms with Crippen molar-refractivity contribution in [2.45, 2.75) is 39.7 Å². The monoisotopic (exact) mass is 517 g/mol. The summed E-state index contributed by atoms with van der Waals surface area (Å²) >= 11 is 0. The van der Waals surface area contributed by atoms with Gasteiger partial charge in [0.05, 0.1) is 13.2 Å². The van der Waals surface area contributed by atoms with Crippen molar-refractivity contribution in [1.29, 1.82) is 0 Å². The van der Waals surface area contributed by atoms with Crippen LogP contribution in [0.4, 0.5) is 17.3 Å². The molecule has 0 spiro atoms. The number of nitrogens with one attached hydrogen (secondary N) is 1. The zero-order valence-corrected chi connectivity index (χ0v) is 22.9. The van der Waals surface area contributed by atoms with E-state index in [4.69, 9.17) is 9.47 Å². The lowest BCUT2D eigenvalue weighted by Crippen LogP contribution is -2.46. The number of aromatic nitrogens is 2. The Balaban J connectivity index is 1.31. The highest BCUT2D eigenvalue weighted by atomic mass is 16.5. The molecule has 4 rings (SSSR count). The summed E-state index contributed by atoms with van der Waals surface area (Å²) in [5.41, 5.74) is 4.86. The molecule has 0 unspecified atom stereocenters. The number of benzene rings is 2. The second-order valence-corrected chi connectivity index (χ2v) is 9.86. The quantitative estimate of drug-likeness (QED) is 0.345. The molecule has 0 aliphatic carbocycles. The largest absolute Gasteiger partial charge is 0.497 e. The molecule has 1 aliphatic heterocycles. The van der Waals surface area contributed by atoms with Gasteiger partial charge in [-0.1, -0.05) is 6.92 Å². The standard InChI is InChI=1S/C30H39N5O3/c1-5-34-12-14-35(15-13-34)27-10-8-26(9-11-27)33-30-31-19-24(20-32-30)7-6-23-16-25(18-28(17-23)37-4)29(36)21-38-22(2)3/h8-11,16-20,22H,5-7,12-15,21H2,1-4H3,(H,31,32,33). The van der Waals surface area contributed by atoms with Gasteiger partial charge in [-0.25, -0.2) is 9.97 Å². The second-order valence-electron chi connectivity index (χ2n) is 9.86. The third-order valence-corrected chi connectivity index (χ3v) is 6.79. The van der Waals surface area contributed by atoms with Gasteiger partial charge in [0.1, 0.15) is 12.4 Å². The predicted octanol–water partition coefficient (Wildman–Crippen LogP) is 4.76. The first-order valence-corrected chi connectivity index (χ1v) is 13.4. The Morgan fingerprint density at radius 2 is 1.66 bits per heavy atom. The summed E-state index contributed by atoms with van der Waals surface area (Å²) in [6.07, 6.45) is 5.20. The lowest BCUT2D eigenvalue weighted by molar-refractivity contribution is 0.0584. The third kappa shape index (κ3) is 7.76. The molecule has 8 heteroatoms. The van der Waals surface area contributed by atoms with Crippen molar-refractivity contribution in [2.75, 3.05) is 56.7 Å². The number of hydrogen-bond donors (Lipinski definition) is 1. The maximum atomic E-state index is 12.5. The summed E-state index contributed by atoms with van der Waals surface area (Å²) in [7, 11) is 1.61. The number of rotatable bonds is 12.